The lowest BCUT2D eigenvalue weighted by molar-refractivity contribution is 0.406. The minimum absolute atomic E-state index is 0.216. The molecule has 1 atom stereocenters. The normalized spacial score (nSPS) is 13.7. The molecule has 2 rings (SSSR count). The minimum Gasteiger partial charge on any atom is -0.405 e. The van der Waals surface area contributed by atoms with E-state index < -0.39 is 6.95 Å². The topological polar surface area (TPSA) is 35.5 Å². The molecule has 0 amide bonds. The summed E-state index contributed by atoms with van der Waals surface area (Å²) >= 11 is 11.6. The van der Waals surface area contributed by atoms with E-state index in [-0.39, 0.29) is 5.75 Å². The second kappa shape index (κ2) is 5.66. The number of hydrogen-bond donors (Lipinski definition) is 0. The lowest BCUT2D eigenvalue weighted by Gasteiger charge is -2.14. The first kappa shape index (κ1) is 13.3. The van der Waals surface area contributed by atoms with Crippen LogP contribution in [0.1, 0.15) is 0 Å². The fraction of sp³-hybridized carbons (Fsp3) is 0. The Kier molecular flexibility index (Phi) is 4.18. The molecule has 0 aromatic heterocycles. The largest absolute Gasteiger partial charge is 0.530 e. The molecule has 18 heavy (non-hydrogen) atoms. The van der Waals surface area contributed by atoms with Crippen molar-refractivity contribution >= 4 is 29.8 Å². The van der Waals surface area contributed by atoms with Gasteiger partial charge in [-0.2, -0.15) is 0 Å². The Balaban J connectivity index is 2.13. The van der Waals surface area contributed by atoms with Gasteiger partial charge in [0.1, 0.15) is 11.5 Å². The van der Waals surface area contributed by atoms with Crippen molar-refractivity contribution in [3.63, 3.8) is 0 Å². The highest BCUT2D eigenvalue weighted by Gasteiger charge is 2.25. The minimum atomic E-state index is -3.78. The third-order valence-corrected chi connectivity index (χ3v) is 3.57. The van der Waals surface area contributed by atoms with Crippen LogP contribution in [0.2, 0.25) is 5.02 Å². The standard InChI is InChI=1S/C12H9Cl2O3P/c13-11-8-4-5-9-12(11)17-18(14,15)16-10-6-2-1-3-7-10/h1-9H. The van der Waals surface area contributed by atoms with E-state index in [1.165, 1.54) is 0 Å². The van der Waals surface area contributed by atoms with Crippen molar-refractivity contribution in [2.45, 2.75) is 0 Å². The van der Waals surface area contributed by atoms with E-state index in [0.717, 1.165) is 0 Å². The molecule has 3 nitrogen and oxygen atoms in total. The summed E-state index contributed by atoms with van der Waals surface area (Å²) in [5, 5.41) is 0.315. The number of halogens is 2. The van der Waals surface area contributed by atoms with Gasteiger partial charge in [0.05, 0.1) is 5.02 Å². The van der Waals surface area contributed by atoms with Crippen LogP contribution in [0.3, 0.4) is 0 Å². The summed E-state index contributed by atoms with van der Waals surface area (Å²) < 4.78 is 22.2. The van der Waals surface area contributed by atoms with Gasteiger partial charge in [-0.25, -0.2) is 4.57 Å². The van der Waals surface area contributed by atoms with Crippen LogP contribution >= 0.6 is 29.8 Å². The van der Waals surface area contributed by atoms with Gasteiger partial charge in [0.25, 0.3) is 0 Å². The fourth-order valence-corrected chi connectivity index (χ4v) is 2.76. The summed E-state index contributed by atoms with van der Waals surface area (Å²) in [6.45, 7) is -3.78. The Labute approximate surface area is 115 Å². The molecule has 0 spiro atoms. The van der Waals surface area contributed by atoms with Crippen molar-refractivity contribution in [3.8, 4) is 11.5 Å². The van der Waals surface area contributed by atoms with E-state index in [1.807, 2.05) is 0 Å². The molecule has 94 valence electrons. The predicted molar refractivity (Wildman–Crippen MR) is 72.6 cm³/mol. The highest BCUT2D eigenvalue weighted by molar-refractivity contribution is 7.82. The maximum atomic E-state index is 12.0. The average Bonchev–Trinajstić information content (AvgIpc) is 2.32. The number of hydrogen-bond acceptors (Lipinski definition) is 3. The molecule has 0 saturated heterocycles. The average molecular weight is 303 g/mol. The van der Waals surface area contributed by atoms with Crippen molar-refractivity contribution in [1.29, 1.82) is 0 Å². The van der Waals surface area contributed by atoms with E-state index in [9.17, 15) is 4.57 Å². The van der Waals surface area contributed by atoms with Crippen LogP contribution in [-0.2, 0) is 4.57 Å². The summed E-state index contributed by atoms with van der Waals surface area (Å²) in [5.41, 5.74) is 0. The van der Waals surface area contributed by atoms with Crippen molar-refractivity contribution in [2.75, 3.05) is 0 Å². The Hall–Kier alpha value is -1.15. The first-order valence-corrected chi connectivity index (χ1v) is 7.88. The van der Waals surface area contributed by atoms with Gasteiger partial charge in [0.15, 0.2) is 0 Å². The first-order chi connectivity index (χ1) is 8.57. The summed E-state index contributed by atoms with van der Waals surface area (Å²) in [7, 11) is 0. The molecule has 1 unspecified atom stereocenters. The van der Waals surface area contributed by atoms with Crippen LogP contribution in [0.15, 0.2) is 54.6 Å². The first-order valence-electron chi connectivity index (χ1n) is 5.05. The molecule has 2 aromatic rings. The maximum Gasteiger partial charge on any atom is 0.530 e. The zero-order valence-corrected chi connectivity index (χ0v) is 11.5. The quantitative estimate of drug-likeness (QED) is 0.733. The van der Waals surface area contributed by atoms with Crippen LogP contribution in [0.4, 0.5) is 0 Å². The third kappa shape index (κ3) is 3.67. The molecule has 0 radical (unpaired) electrons. The second-order valence-electron chi connectivity index (χ2n) is 3.36. The van der Waals surface area contributed by atoms with Crippen LogP contribution in [0, 0.1) is 0 Å². The van der Waals surface area contributed by atoms with Crippen LogP contribution in [0.25, 0.3) is 0 Å². The highest BCUT2D eigenvalue weighted by Crippen LogP contribution is 2.54. The molecular formula is C12H9Cl2O3P. The van der Waals surface area contributed by atoms with Crippen molar-refractivity contribution < 1.29 is 13.6 Å². The smallest absolute Gasteiger partial charge is 0.405 e. The van der Waals surface area contributed by atoms with Gasteiger partial charge in [-0.05, 0) is 24.3 Å². The molecule has 0 aliphatic rings. The molecule has 0 aliphatic heterocycles. The molecule has 0 fully saturated rings. The molecule has 0 heterocycles. The van der Waals surface area contributed by atoms with E-state index in [1.54, 1.807) is 54.6 Å². The molecule has 6 heteroatoms. The Morgan fingerprint density at radius 1 is 0.889 bits per heavy atom. The van der Waals surface area contributed by atoms with Crippen LogP contribution in [-0.4, -0.2) is 0 Å². The summed E-state index contributed by atoms with van der Waals surface area (Å²) in [4.78, 5) is 0. The molecule has 0 bridgehead atoms. The third-order valence-electron chi connectivity index (χ3n) is 2.00. The Bertz CT molecular complexity index is 575. The van der Waals surface area contributed by atoms with Gasteiger partial charge < -0.3 is 9.05 Å². The van der Waals surface area contributed by atoms with Gasteiger partial charge in [-0.1, -0.05) is 41.9 Å². The zero-order valence-electron chi connectivity index (χ0n) is 9.12. The van der Waals surface area contributed by atoms with Crippen LogP contribution in [0.5, 0.6) is 11.5 Å². The molecule has 0 N–H and O–H groups in total. The van der Waals surface area contributed by atoms with Crippen LogP contribution < -0.4 is 9.05 Å². The predicted octanol–water partition coefficient (Wildman–Crippen LogP) is 5.14. The molecule has 0 saturated carbocycles. The number of rotatable bonds is 4. The second-order valence-corrected chi connectivity index (χ2v) is 6.23. The summed E-state index contributed by atoms with van der Waals surface area (Å²) in [6.07, 6.45) is 0. The van der Waals surface area contributed by atoms with E-state index in [2.05, 4.69) is 0 Å². The molecule has 0 aliphatic carbocycles. The van der Waals surface area contributed by atoms with Gasteiger partial charge >= 0.3 is 6.95 Å². The maximum absolute atomic E-state index is 12.0. The SMILES string of the molecule is O=P(Cl)(Oc1ccccc1)Oc1ccccc1Cl. The lowest BCUT2D eigenvalue weighted by atomic mass is 10.3. The molecule has 2 aromatic carbocycles. The van der Waals surface area contributed by atoms with Gasteiger partial charge in [-0.3, -0.25) is 0 Å². The van der Waals surface area contributed by atoms with E-state index in [4.69, 9.17) is 31.9 Å². The van der Waals surface area contributed by atoms with Gasteiger partial charge in [-0.15, -0.1) is 0 Å². The summed E-state index contributed by atoms with van der Waals surface area (Å²) in [6, 6.07) is 15.1. The number of para-hydroxylation sites is 2. The summed E-state index contributed by atoms with van der Waals surface area (Å²) in [5.74, 6) is 0.580. The van der Waals surface area contributed by atoms with Crippen molar-refractivity contribution in [2.24, 2.45) is 0 Å². The van der Waals surface area contributed by atoms with Crippen molar-refractivity contribution in [3.05, 3.63) is 59.6 Å². The monoisotopic (exact) mass is 302 g/mol. The van der Waals surface area contributed by atoms with E-state index >= 15 is 0 Å². The van der Waals surface area contributed by atoms with Gasteiger partial charge in [0.2, 0.25) is 0 Å². The van der Waals surface area contributed by atoms with E-state index in [0.29, 0.717) is 10.8 Å². The lowest BCUT2D eigenvalue weighted by Crippen LogP contribution is -1.95. The number of benzene rings is 2. The Morgan fingerprint density at radius 3 is 2.17 bits per heavy atom. The fourth-order valence-electron chi connectivity index (χ4n) is 1.26. The molecular weight excluding hydrogens is 294 g/mol. The highest BCUT2D eigenvalue weighted by atomic mass is 35.7. The zero-order chi connectivity index (χ0) is 13.0. The van der Waals surface area contributed by atoms with Gasteiger partial charge in [0, 0.05) is 11.2 Å². The van der Waals surface area contributed by atoms with Crippen molar-refractivity contribution in [1.82, 2.24) is 0 Å². The Morgan fingerprint density at radius 2 is 1.50 bits per heavy atom.